The molecule has 1 N–H and O–H groups in total. The fourth-order valence-electron chi connectivity index (χ4n) is 3.68. The third-order valence-corrected chi connectivity index (χ3v) is 6.29. The van der Waals surface area contributed by atoms with Crippen molar-refractivity contribution in [2.75, 3.05) is 30.8 Å². The lowest BCUT2D eigenvalue weighted by Crippen LogP contribution is -2.52. The maximum Gasteiger partial charge on any atom is 0.282 e. The Bertz CT molecular complexity index is 1230. The molecule has 0 amide bonds. The van der Waals surface area contributed by atoms with Gasteiger partial charge in [-0.05, 0) is 25.5 Å². The molecule has 1 saturated heterocycles. The average Bonchev–Trinajstić information content (AvgIpc) is 3.15. The fourth-order valence-corrected chi connectivity index (χ4v) is 4.19. The van der Waals surface area contributed by atoms with Crippen molar-refractivity contribution in [3.8, 4) is 11.4 Å². The van der Waals surface area contributed by atoms with Crippen LogP contribution in [0.1, 0.15) is 25.5 Å². The predicted octanol–water partition coefficient (Wildman–Crippen LogP) is 2.23. The van der Waals surface area contributed by atoms with Crippen LogP contribution in [0.25, 0.3) is 17.0 Å². The molecule has 32 heavy (non-hydrogen) atoms. The van der Waals surface area contributed by atoms with Crippen molar-refractivity contribution in [1.29, 1.82) is 0 Å². The number of aromatic nitrogens is 5. The summed E-state index contributed by atoms with van der Waals surface area (Å²) in [6.07, 6.45) is 1.31. The predicted molar refractivity (Wildman–Crippen MR) is 112 cm³/mol. The number of hydrogen-bond acceptors (Lipinski definition) is 7. The zero-order chi connectivity index (χ0) is 23.1. The molecule has 1 aliphatic rings. The summed E-state index contributed by atoms with van der Waals surface area (Å²) >= 11 is 0. The van der Waals surface area contributed by atoms with E-state index in [4.69, 9.17) is 0 Å². The van der Waals surface area contributed by atoms with Crippen molar-refractivity contribution in [2.45, 2.75) is 25.4 Å². The highest BCUT2D eigenvalue weighted by Gasteiger charge is 2.40. The molecule has 0 radical (unpaired) electrons. The molecule has 3 aromatic heterocycles. The van der Waals surface area contributed by atoms with E-state index < -0.39 is 28.0 Å². The van der Waals surface area contributed by atoms with Crippen LogP contribution in [-0.2, 0) is 10.0 Å². The van der Waals surface area contributed by atoms with E-state index in [-0.39, 0.29) is 25.2 Å². The molecule has 0 saturated carbocycles. The summed E-state index contributed by atoms with van der Waals surface area (Å²) in [5.74, 6) is -0.0785. The second-order valence-electron chi connectivity index (χ2n) is 8.03. The number of fused-ring (bicyclic) bond motifs is 1. The molecule has 3 aromatic rings. The van der Waals surface area contributed by atoms with Gasteiger partial charge >= 0.3 is 0 Å². The van der Waals surface area contributed by atoms with E-state index in [1.165, 1.54) is 36.1 Å². The second kappa shape index (κ2) is 8.28. The summed E-state index contributed by atoms with van der Waals surface area (Å²) in [6, 6.07) is 4.32. The number of halogens is 3. The summed E-state index contributed by atoms with van der Waals surface area (Å²) < 4.78 is 67.7. The van der Waals surface area contributed by atoms with Gasteiger partial charge in [0.25, 0.3) is 6.43 Å². The molecule has 0 bridgehead atoms. The monoisotopic (exact) mass is 469 g/mol. The number of alkyl halides is 3. The topological polar surface area (TPSA) is 105 Å². The lowest BCUT2D eigenvalue weighted by Gasteiger charge is -2.41. The van der Waals surface area contributed by atoms with Gasteiger partial charge in [-0.15, -0.1) is 0 Å². The normalized spacial score (nSPS) is 22.1. The highest BCUT2D eigenvalue weighted by Crippen LogP contribution is 2.34. The molecule has 4 rings (SSSR count). The lowest BCUT2D eigenvalue weighted by molar-refractivity contribution is 0.0805. The van der Waals surface area contributed by atoms with Gasteiger partial charge in [-0.1, -0.05) is 0 Å². The van der Waals surface area contributed by atoms with Gasteiger partial charge in [-0.3, -0.25) is 0 Å². The summed E-state index contributed by atoms with van der Waals surface area (Å²) in [5.41, 5.74) is -0.705. The van der Waals surface area contributed by atoms with Crippen molar-refractivity contribution >= 4 is 21.5 Å². The number of imidazole rings is 1. The Morgan fingerprint density at radius 3 is 2.78 bits per heavy atom. The number of piperidine rings is 1. The maximum absolute atomic E-state index is 15.0. The Labute approximate surface area is 182 Å². The van der Waals surface area contributed by atoms with E-state index in [1.807, 2.05) is 4.90 Å². The van der Waals surface area contributed by atoms with Gasteiger partial charge in [-0.25, -0.2) is 45.8 Å². The van der Waals surface area contributed by atoms with Crippen LogP contribution in [0.3, 0.4) is 0 Å². The third-order valence-electron chi connectivity index (χ3n) is 5.60. The molecule has 4 heterocycles. The van der Waals surface area contributed by atoms with Crippen molar-refractivity contribution < 1.29 is 21.6 Å². The summed E-state index contributed by atoms with van der Waals surface area (Å²) in [6.45, 7) is 2.05. The Morgan fingerprint density at radius 1 is 1.28 bits per heavy atom. The maximum atomic E-state index is 15.0. The molecule has 0 aliphatic carbocycles. The molecular formula is C19H22F3N7O2S. The molecule has 1 aliphatic heterocycles. The molecule has 172 valence electrons. The number of rotatable bonds is 6. The van der Waals surface area contributed by atoms with Crippen LogP contribution >= 0.6 is 0 Å². The third kappa shape index (κ3) is 4.67. The quantitative estimate of drug-likeness (QED) is 0.590. The van der Waals surface area contributed by atoms with E-state index >= 15 is 4.39 Å². The van der Waals surface area contributed by atoms with Crippen LogP contribution in [0.15, 0.2) is 30.7 Å². The lowest BCUT2D eigenvalue weighted by atomic mass is 9.84. The van der Waals surface area contributed by atoms with Gasteiger partial charge < -0.3 is 4.90 Å². The highest BCUT2D eigenvalue weighted by atomic mass is 32.2. The Morgan fingerprint density at radius 2 is 2.06 bits per heavy atom. The fraction of sp³-hybridized carbons (Fsp3) is 0.474. The molecule has 1 fully saturated rings. The van der Waals surface area contributed by atoms with Crippen LogP contribution in [-0.4, -0.2) is 64.5 Å². The molecule has 0 aromatic carbocycles. The molecule has 2 unspecified atom stereocenters. The van der Waals surface area contributed by atoms with E-state index in [0.29, 0.717) is 29.4 Å². The molecular weight excluding hydrogens is 447 g/mol. The zero-order valence-corrected chi connectivity index (χ0v) is 18.2. The smallest absolute Gasteiger partial charge is 0.282 e. The largest absolute Gasteiger partial charge is 0.356 e. The number of anilines is 1. The summed E-state index contributed by atoms with van der Waals surface area (Å²) in [5, 5.41) is 3.95. The first kappa shape index (κ1) is 22.4. The SMILES string of the molecule is CC1(F)CCN(c2cc(-c3cnc4ccc(C(F)F)nn34)ncn2)CC1CNS(C)(=O)=O. The highest BCUT2D eigenvalue weighted by molar-refractivity contribution is 7.88. The van der Waals surface area contributed by atoms with Crippen molar-refractivity contribution in [2.24, 2.45) is 5.92 Å². The van der Waals surface area contributed by atoms with Gasteiger partial charge in [0.05, 0.1) is 18.1 Å². The molecule has 2 atom stereocenters. The van der Waals surface area contributed by atoms with E-state index in [1.54, 1.807) is 6.07 Å². The minimum atomic E-state index is -3.45. The molecule has 0 spiro atoms. The van der Waals surface area contributed by atoms with Crippen molar-refractivity contribution in [3.05, 3.63) is 36.4 Å². The molecule has 9 nitrogen and oxygen atoms in total. The standard InChI is InChI=1S/C19H22F3N7O2S/c1-19(22)5-6-28(10-12(19)8-26-32(2,30)31)17-7-14(24-11-25-17)15-9-23-16-4-3-13(18(20)21)27-29(15)16/h3-4,7,9,11-12,18,26H,5-6,8,10H2,1-2H3. The van der Waals surface area contributed by atoms with Crippen molar-refractivity contribution in [1.82, 2.24) is 29.3 Å². The van der Waals surface area contributed by atoms with Crippen LogP contribution in [0.4, 0.5) is 19.0 Å². The summed E-state index contributed by atoms with van der Waals surface area (Å²) in [7, 11) is -3.45. The number of sulfonamides is 1. The first-order valence-corrected chi connectivity index (χ1v) is 11.8. The van der Waals surface area contributed by atoms with Crippen LogP contribution in [0, 0.1) is 5.92 Å². The van der Waals surface area contributed by atoms with Crippen molar-refractivity contribution in [3.63, 3.8) is 0 Å². The van der Waals surface area contributed by atoms with Gasteiger partial charge in [0, 0.05) is 31.6 Å². The summed E-state index contributed by atoms with van der Waals surface area (Å²) in [4.78, 5) is 14.5. The minimum absolute atomic E-state index is 0.0339. The van der Waals surface area contributed by atoms with Crippen LogP contribution in [0.2, 0.25) is 0 Å². The van der Waals surface area contributed by atoms with Crippen LogP contribution in [0.5, 0.6) is 0 Å². The Hall–Kier alpha value is -2.80. The van der Waals surface area contributed by atoms with E-state index in [2.05, 4.69) is 24.8 Å². The Balaban J connectivity index is 1.62. The zero-order valence-electron chi connectivity index (χ0n) is 17.4. The average molecular weight is 469 g/mol. The number of nitrogens with one attached hydrogen (secondary N) is 1. The number of hydrogen-bond donors (Lipinski definition) is 1. The van der Waals surface area contributed by atoms with Gasteiger partial charge in [0.2, 0.25) is 10.0 Å². The molecule has 13 heteroatoms. The second-order valence-corrected chi connectivity index (χ2v) is 9.86. The van der Waals surface area contributed by atoms with Crippen LogP contribution < -0.4 is 9.62 Å². The van der Waals surface area contributed by atoms with E-state index in [0.717, 1.165) is 6.26 Å². The van der Waals surface area contributed by atoms with Gasteiger partial charge in [-0.2, -0.15) is 5.10 Å². The van der Waals surface area contributed by atoms with Gasteiger partial charge in [0.1, 0.15) is 29.2 Å². The first-order valence-electron chi connectivity index (χ1n) is 9.87. The Kier molecular flexibility index (Phi) is 5.79. The van der Waals surface area contributed by atoms with Gasteiger partial charge in [0.15, 0.2) is 5.65 Å². The number of nitrogens with zero attached hydrogens (tertiary/aromatic N) is 6. The first-order chi connectivity index (χ1) is 15.0. The van der Waals surface area contributed by atoms with E-state index in [9.17, 15) is 17.2 Å². The minimum Gasteiger partial charge on any atom is -0.356 e.